The van der Waals surface area contributed by atoms with Gasteiger partial charge >= 0.3 is 0 Å². The van der Waals surface area contributed by atoms with E-state index >= 15 is 0 Å². The van der Waals surface area contributed by atoms with Crippen molar-refractivity contribution >= 4 is 11.6 Å². The molecule has 0 radical (unpaired) electrons. The number of hydrogen-bond donors (Lipinski definition) is 1. The molecule has 4 nitrogen and oxygen atoms in total. The summed E-state index contributed by atoms with van der Waals surface area (Å²) < 4.78 is 32.4. The number of carbonyl (C=O) groups excluding carboxylic acids is 1. The van der Waals surface area contributed by atoms with Gasteiger partial charge in [-0.2, -0.15) is 0 Å². The smallest absolute Gasteiger partial charge is 0.224 e. The third-order valence-corrected chi connectivity index (χ3v) is 4.51. The summed E-state index contributed by atoms with van der Waals surface area (Å²) in [6.07, 6.45) is 1.83. The van der Waals surface area contributed by atoms with E-state index in [0.29, 0.717) is 5.89 Å². The van der Waals surface area contributed by atoms with Crippen molar-refractivity contribution in [3.8, 4) is 11.3 Å². The van der Waals surface area contributed by atoms with Crippen LogP contribution in [0.15, 0.2) is 47.0 Å². The van der Waals surface area contributed by atoms with Gasteiger partial charge in [-0.05, 0) is 36.1 Å². The van der Waals surface area contributed by atoms with Crippen LogP contribution in [0.25, 0.3) is 11.3 Å². The lowest BCUT2D eigenvalue weighted by Crippen LogP contribution is -2.15. The zero-order chi connectivity index (χ0) is 20.3. The molecule has 0 bridgehead atoms. The second-order valence-electron chi connectivity index (χ2n) is 6.98. The van der Waals surface area contributed by atoms with Gasteiger partial charge < -0.3 is 9.73 Å². The number of aryl methyl sites for hydroxylation is 2. The van der Waals surface area contributed by atoms with Crippen LogP contribution >= 0.6 is 0 Å². The lowest BCUT2D eigenvalue weighted by atomic mass is 9.98. The fourth-order valence-corrected chi connectivity index (χ4v) is 3.00. The Labute approximate surface area is 162 Å². The topological polar surface area (TPSA) is 55.1 Å². The molecule has 2 aromatic carbocycles. The number of benzene rings is 2. The zero-order valence-corrected chi connectivity index (χ0v) is 16.1. The van der Waals surface area contributed by atoms with E-state index in [-0.39, 0.29) is 36.0 Å². The molecule has 146 valence electrons. The van der Waals surface area contributed by atoms with Gasteiger partial charge in [0.1, 0.15) is 11.6 Å². The first-order chi connectivity index (χ1) is 13.3. The SMILES string of the molecule is Cc1cccc(C(C)C)c1NC(=O)CCc1ncc(-c2ccc(F)cc2F)o1. The summed E-state index contributed by atoms with van der Waals surface area (Å²) in [5.74, 6) is -0.716. The van der Waals surface area contributed by atoms with Gasteiger partial charge in [-0.15, -0.1) is 0 Å². The highest BCUT2D eigenvalue weighted by Crippen LogP contribution is 2.28. The van der Waals surface area contributed by atoms with Gasteiger partial charge in [0.05, 0.1) is 11.8 Å². The molecule has 3 aromatic rings. The molecule has 0 atom stereocenters. The average Bonchev–Trinajstić information content (AvgIpc) is 3.10. The van der Waals surface area contributed by atoms with E-state index in [2.05, 4.69) is 24.1 Å². The third-order valence-electron chi connectivity index (χ3n) is 4.51. The van der Waals surface area contributed by atoms with Crippen LogP contribution in [-0.2, 0) is 11.2 Å². The molecule has 1 N–H and O–H groups in total. The Morgan fingerprint density at radius 1 is 1.21 bits per heavy atom. The van der Waals surface area contributed by atoms with Gasteiger partial charge in [0.15, 0.2) is 11.7 Å². The van der Waals surface area contributed by atoms with E-state index < -0.39 is 11.6 Å². The lowest BCUT2D eigenvalue weighted by Gasteiger charge is -2.16. The normalized spacial score (nSPS) is 11.1. The fourth-order valence-electron chi connectivity index (χ4n) is 3.00. The van der Waals surface area contributed by atoms with Crippen molar-refractivity contribution < 1.29 is 18.0 Å². The highest BCUT2D eigenvalue weighted by molar-refractivity contribution is 5.92. The fraction of sp³-hybridized carbons (Fsp3) is 0.273. The van der Waals surface area contributed by atoms with Crippen molar-refractivity contribution in [3.05, 3.63) is 71.2 Å². The van der Waals surface area contributed by atoms with Crippen LogP contribution in [0, 0.1) is 18.6 Å². The monoisotopic (exact) mass is 384 g/mol. The molecule has 0 saturated carbocycles. The van der Waals surface area contributed by atoms with Gasteiger partial charge in [-0.3, -0.25) is 4.79 Å². The number of aromatic nitrogens is 1. The van der Waals surface area contributed by atoms with Crippen molar-refractivity contribution in [2.75, 3.05) is 5.32 Å². The maximum Gasteiger partial charge on any atom is 0.224 e. The van der Waals surface area contributed by atoms with E-state index in [1.807, 2.05) is 25.1 Å². The predicted molar refractivity (Wildman–Crippen MR) is 104 cm³/mol. The summed E-state index contributed by atoms with van der Waals surface area (Å²) in [7, 11) is 0. The van der Waals surface area contributed by atoms with Crippen LogP contribution < -0.4 is 5.32 Å². The summed E-state index contributed by atoms with van der Waals surface area (Å²) in [5.41, 5.74) is 3.05. The van der Waals surface area contributed by atoms with Crippen LogP contribution in [0.3, 0.4) is 0 Å². The maximum atomic E-state index is 13.9. The molecule has 0 spiro atoms. The molecule has 0 fully saturated rings. The number of hydrogen-bond acceptors (Lipinski definition) is 3. The molecule has 3 rings (SSSR count). The number of amides is 1. The number of para-hydroxylation sites is 1. The molecule has 0 aliphatic rings. The Morgan fingerprint density at radius 2 is 2.00 bits per heavy atom. The molecular weight excluding hydrogens is 362 g/mol. The third kappa shape index (κ3) is 4.44. The molecule has 1 aromatic heterocycles. The van der Waals surface area contributed by atoms with Crippen molar-refractivity contribution in [2.45, 2.75) is 39.5 Å². The highest BCUT2D eigenvalue weighted by atomic mass is 19.1. The van der Waals surface area contributed by atoms with E-state index in [9.17, 15) is 13.6 Å². The quantitative estimate of drug-likeness (QED) is 0.600. The number of halogens is 2. The van der Waals surface area contributed by atoms with Gasteiger partial charge in [-0.25, -0.2) is 13.8 Å². The summed E-state index contributed by atoms with van der Waals surface area (Å²) in [6.45, 7) is 6.11. The van der Waals surface area contributed by atoms with Crippen molar-refractivity contribution in [3.63, 3.8) is 0 Å². The van der Waals surface area contributed by atoms with E-state index in [0.717, 1.165) is 28.9 Å². The molecule has 1 heterocycles. The Balaban J connectivity index is 1.66. The Morgan fingerprint density at radius 3 is 2.71 bits per heavy atom. The van der Waals surface area contributed by atoms with Gasteiger partial charge in [0, 0.05) is 24.6 Å². The Kier molecular flexibility index (Phi) is 5.87. The maximum absolute atomic E-state index is 13.9. The second kappa shape index (κ2) is 8.33. The van der Waals surface area contributed by atoms with Gasteiger partial charge in [0.25, 0.3) is 0 Å². The summed E-state index contributed by atoms with van der Waals surface area (Å²) in [6, 6.07) is 9.18. The first kappa shape index (κ1) is 19.7. The lowest BCUT2D eigenvalue weighted by molar-refractivity contribution is -0.116. The van der Waals surface area contributed by atoms with Crippen LogP contribution in [0.2, 0.25) is 0 Å². The predicted octanol–water partition coefficient (Wildman–Crippen LogP) is 5.62. The first-order valence-electron chi connectivity index (χ1n) is 9.14. The highest BCUT2D eigenvalue weighted by Gasteiger charge is 2.15. The molecule has 0 saturated heterocycles. The molecule has 0 aliphatic carbocycles. The number of rotatable bonds is 6. The molecule has 0 unspecified atom stereocenters. The van der Waals surface area contributed by atoms with Crippen molar-refractivity contribution in [1.29, 1.82) is 0 Å². The van der Waals surface area contributed by atoms with Crippen LogP contribution in [0.4, 0.5) is 14.5 Å². The molecule has 1 amide bonds. The molecular formula is C22H22F2N2O2. The van der Waals surface area contributed by atoms with Crippen LogP contribution in [0.5, 0.6) is 0 Å². The average molecular weight is 384 g/mol. The van der Waals surface area contributed by atoms with Crippen LogP contribution in [-0.4, -0.2) is 10.9 Å². The largest absolute Gasteiger partial charge is 0.441 e. The summed E-state index contributed by atoms with van der Waals surface area (Å²) in [4.78, 5) is 16.5. The minimum Gasteiger partial charge on any atom is -0.441 e. The first-order valence-corrected chi connectivity index (χ1v) is 9.14. The van der Waals surface area contributed by atoms with Crippen LogP contribution in [0.1, 0.15) is 43.2 Å². The van der Waals surface area contributed by atoms with E-state index in [1.54, 1.807) is 0 Å². The minimum absolute atomic E-state index is 0.131. The number of oxazole rings is 1. The molecule has 28 heavy (non-hydrogen) atoms. The Hall–Kier alpha value is -3.02. The van der Waals surface area contributed by atoms with Crippen molar-refractivity contribution in [2.24, 2.45) is 0 Å². The molecule has 6 heteroatoms. The number of carbonyl (C=O) groups is 1. The number of anilines is 1. The summed E-state index contributed by atoms with van der Waals surface area (Å²) >= 11 is 0. The number of nitrogens with one attached hydrogen (secondary N) is 1. The second-order valence-corrected chi connectivity index (χ2v) is 6.98. The van der Waals surface area contributed by atoms with Gasteiger partial charge in [-0.1, -0.05) is 32.0 Å². The van der Waals surface area contributed by atoms with Gasteiger partial charge in [0.2, 0.25) is 5.91 Å². The van der Waals surface area contributed by atoms with E-state index in [4.69, 9.17) is 4.42 Å². The molecule has 0 aliphatic heterocycles. The minimum atomic E-state index is -0.721. The van der Waals surface area contributed by atoms with Crippen molar-refractivity contribution in [1.82, 2.24) is 4.98 Å². The summed E-state index contributed by atoms with van der Waals surface area (Å²) in [5, 5.41) is 2.97. The van der Waals surface area contributed by atoms with E-state index in [1.165, 1.54) is 12.3 Å². The Bertz CT molecular complexity index is 996. The number of nitrogens with zero attached hydrogens (tertiary/aromatic N) is 1. The zero-order valence-electron chi connectivity index (χ0n) is 16.1. The standard InChI is InChI=1S/C22H22F2N2O2/c1-13(2)16-6-4-5-14(3)22(16)26-20(27)9-10-21-25-12-19(28-21)17-8-7-15(23)11-18(17)24/h4-8,11-13H,9-10H2,1-3H3,(H,26,27).